The van der Waals surface area contributed by atoms with Crippen LogP contribution >= 0.6 is 0 Å². The Morgan fingerprint density at radius 1 is 1.15 bits per heavy atom. The van der Waals surface area contributed by atoms with Crippen LogP contribution in [0.5, 0.6) is 0 Å². The van der Waals surface area contributed by atoms with E-state index in [1.807, 2.05) is 6.20 Å². The second-order valence-electron chi connectivity index (χ2n) is 3.86. The standard InChI is InChI=1S/C6H10N2.C4H10.U/c1-5(2)6-7-3-4-8-6;1-4(2)3;/h3-5H,1-2H3,(H,7,8);4H,1-3H3;. The van der Waals surface area contributed by atoms with E-state index in [0.717, 1.165) is 11.7 Å². The topological polar surface area (TPSA) is 28.7 Å². The van der Waals surface area contributed by atoms with Crippen molar-refractivity contribution in [2.75, 3.05) is 0 Å². The Hall–Kier alpha value is 0.262. The molecular weight excluding hydrogens is 386 g/mol. The molecule has 0 aromatic carbocycles. The molecule has 0 spiro atoms. The SMILES string of the molecule is CC(C)C.CC(C)c1ncc[nH]1.[U]. The smallest absolute Gasteiger partial charge is 0.108 e. The fraction of sp³-hybridized carbons (Fsp3) is 0.700. The number of nitrogens with zero attached hydrogens (tertiary/aromatic N) is 1. The number of nitrogens with one attached hydrogen (secondary N) is 1. The van der Waals surface area contributed by atoms with Crippen molar-refractivity contribution in [3.8, 4) is 0 Å². The van der Waals surface area contributed by atoms with Crippen LogP contribution in [0.4, 0.5) is 0 Å². The minimum absolute atomic E-state index is 0. The molecule has 2 nitrogen and oxygen atoms in total. The average molecular weight is 406 g/mol. The molecule has 0 unspecified atom stereocenters. The van der Waals surface area contributed by atoms with Crippen molar-refractivity contribution < 1.29 is 31.1 Å². The van der Waals surface area contributed by atoms with Gasteiger partial charge in [0.05, 0.1) is 0 Å². The van der Waals surface area contributed by atoms with Gasteiger partial charge in [-0.25, -0.2) is 4.98 Å². The number of aromatic amines is 1. The number of hydrogen-bond donors (Lipinski definition) is 1. The minimum atomic E-state index is 0. The van der Waals surface area contributed by atoms with Gasteiger partial charge in [-0.15, -0.1) is 0 Å². The van der Waals surface area contributed by atoms with E-state index in [1.165, 1.54) is 0 Å². The molecule has 0 saturated heterocycles. The second kappa shape index (κ2) is 8.84. The summed E-state index contributed by atoms with van der Waals surface area (Å²) in [5.74, 6) is 2.41. The first-order chi connectivity index (χ1) is 5.54. The molecule has 0 amide bonds. The van der Waals surface area contributed by atoms with Gasteiger partial charge in [-0.2, -0.15) is 0 Å². The molecule has 0 aliphatic heterocycles. The molecule has 3 heteroatoms. The van der Waals surface area contributed by atoms with E-state index in [1.54, 1.807) is 6.20 Å². The summed E-state index contributed by atoms with van der Waals surface area (Å²) in [6.45, 7) is 10.7. The van der Waals surface area contributed by atoms with Crippen LogP contribution in [0.25, 0.3) is 0 Å². The van der Waals surface area contributed by atoms with Crippen LogP contribution in [-0.4, -0.2) is 9.97 Å². The third-order valence-electron chi connectivity index (χ3n) is 1.07. The van der Waals surface area contributed by atoms with Crippen molar-refractivity contribution >= 4 is 0 Å². The van der Waals surface area contributed by atoms with Gasteiger partial charge in [0.2, 0.25) is 0 Å². The van der Waals surface area contributed by atoms with E-state index in [4.69, 9.17) is 0 Å². The first-order valence-corrected chi connectivity index (χ1v) is 4.53. The van der Waals surface area contributed by atoms with Crippen LogP contribution in [0, 0.1) is 37.0 Å². The third-order valence-corrected chi connectivity index (χ3v) is 1.07. The van der Waals surface area contributed by atoms with Crippen LogP contribution < -0.4 is 0 Å². The van der Waals surface area contributed by atoms with Gasteiger partial charge in [-0.05, 0) is 5.92 Å². The van der Waals surface area contributed by atoms with Crippen LogP contribution in [0.1, 0.15) is 46.4 Å². The first-order valence-electron chi connectivity index (χ1n) is 4.53. The van der Waals surface area contributed by atoms with Gasteiger partial charge in [0.15, 0.2) is 0 Å². The molecule has 0 fully saturated rings. The monoisotopic (exact) mass is 406 g/mol. The maximum atomic E-state index is 4.06. The number of hydrogen-bond acceptors (Lipinski definition) is 1. The van der Waals surface area contributed by atoms with Crippen LogP contribution in [-0.2, 0) is 0 Å². The summed E-state index contributed by atoms with van der Waals surface area (Å²) in [6.07, 6.45) is 3.62. The van der Waals surface area contributed by atoms with Gasteiger partial charge in [0.25, 0.3) is 0 Å². The van der Waals surface area contributed by atoms with Gasteiger partial charge >= 0.3 is 0 Å². The zero-order valence-electron chi connectivity index (χ0n) is 9.26. The molecule has 1 aromatic heterocycles. The number of aromatic nitrogens is 2. The van der Waals surface area contributed by atoms with Crippen LogP contribution in [0.2, 0.25) is 0 Å². The largest absolute Gasteiger partial charge is 0.348 e. The van der Waals surface area contributed by atoms with Gasteiger partial charge in [-0.1, -0.05) is 34.6 Å². The average Bonchev–Trinajstić information content (AvgIpc) is 2.34. The van der Waals surface area contributed by atoms with Crippen molar-refractivity contribution in [3.63, 3.8) is 0 Å². The van der Waals surface area contributed by atoms with Crippen LogP contribution in [0.3, 0.4) is 0 Å². The predicted octanol–water partition coefficient (Wildman–Crippen LogP) is 3.20. The number of imidazole rings is 1. The van der Waals surface area contributed by atoms with Crippen molar-refractivity contribution in [1.82, 2.24) is 9.97 Å². The Kier molecular flexibility index (Phi) is 10.7. The van der Waals surface area contributed by atoms with E-state index in [2.05, 4.69) is 44.6 Å². The number of rotatable bonds is 1. The zero-order chi connectivity index (χ0) is 9.56. The molecule has 0 aliphatic carbocycles. The fourth-order valence-electron chi connectivity index (χ4n) is 0.593. The van der Waals surface area contributed by atoms with Gasteiger partial charge in [0, 0.05) is 49.4 Å². The molecule has 0 aliphatic rings. The van der Waals surface area contributed by atoms with Gasteiger partial charge in [0.1, 0.15) is 5.82 Å². The first kappa shape index (κ1) is 15.7. The van der Waals surface area contributed by atoms with Crippen LogP contribution in [0.15, 0.2) is 12.4 Å². The van der Waals surface area contributed by atoms with Crippen molar-refractivity contribution in [2.24, 2.45) is 5.92 Å². The molecule has 0 radical (unpaired) electrons. The Labute approximate surface area is 105 Å². The fourth-order valence-corrected chi connectivity index (χ4v) is 0.593. The molecule has 0 bridgehead atoms. The molecule has 13 heavy (non-hydrogen) atoms. The van der Waals surface area contributed by atoms with E-state index in [0.29, 0.717) is 5.92 Å². The quantitative estimate of drug-likeness (QED) is 0.763. The summed E-state index contributed by atoms with van der Waals surface area (Å²) in [6, 6.07) is 0. The van der Waals surface area contributed by atoms with Crippen molar-refractivity contribution in [2.45, 2.75) is 40.5 Å². The maximum Gasteiger partial charge on any atom is 0.108 e. The number of H-pyrrole nitrogens is 1. The second-order valence-corrected chi connectivity index (χ2v) is 3.86. The summed E-state index contributed by atoms with van der Waals surface area (Å²) < 4.78 is 0. The van der Waals surface area contributed by atoms with E-state index < -0.39 is 0 Å². The molecule has 74 valence electrons. The van der Waals surface area contributed by atoms with Gasteiger partial charge in [-0.3, -0.25) is 0 Å². The van der Waals surface area contributed by atoms with Crippen molar-refractivity contribution in [1.29, 1.82) is 0 Å². The third kappa shape index (κ3) is 10.2. The Balaban J connectivity index is 0. The maximum absolute atomic E-state index is 4.06. The van der Waals surface area contributed by atoms with E-state index in [9.17, 15) is 0 Å². The van der Waals surface area contributed by atoms with E-state index >= 15 is 0 Å². The Morgan fingerprint density at radius 2 is 1.62 bits per heavy atom. The molecule has 0 saturated carbocycles. The molecule has 1 heterocycles. The predicted molar refractivity (Wildman–Crippen MR) is 53.2 cm³/mol. The molecule has 1 rings (SSSR count). The summed E-state index contributed by atoms with van der Waals surface area (Å²) in [5, 5.41) is 0. The van der Waals surface area contributed by atoms with Crippen molar-refractivity contribution in [3.05, 3.63) is 18.2 Å². The zero-order valence-corrected chi connectivity index (χ0v) is 13.4. The summed E-state index contributed by atoms with van der Waals surface area (Å²) in [7, 11) is 0. The van der Waals surface area contributed by atoms with E-state index in [-0.39, 0.29) is 31.1 Å². The summed E-state index contributed by atoms with van der Waals surface area (Å²) in [4.78, 5) is 7.09. The molecule has 1 N–H and O–H groups in total. The summed E-state index contributed by atoms with van der Waals surface area (Å²) in [5.41, 5.74) is 0. The molecule has 0 atom stereocenters. The Bertz CT molecular complexity index is 178. The molecular formula is C10H20N2U. The minimum Gasteiger partial charge on any atom is -0.348 e. The molecule has 1 aromatic rings. The Morgan fingerprint density at radius 3 is 1.77 bits per heavy atom. The summed E-state index contributed by atoms with van der Waals surface area (Å²) >= 11 is 0. The van der Waals surface area contributed by atoms with Gasteiger partial charge < -0.3 is 4.98 Å². The normalized spacial score (nSPS) is 9.15.